The molecular weight excluding hydrogens is 320 g/mol. The van der Waals surface area contributed by atoms with E-state index in [2.05, 4.69) is 11.9 Å². The first-order valence-corrected chi connectivity index (χ1v) is 7.71. The molecule has 1 aromatic rings. The van der Waals surface area contributed by atoms with Crippen LogP contribution >= 0.6 is 11.8 Å². The summed E-state index contributed by atoms with van der Waals surface area (Å²) in [4.78, 5) is 33.3. The maximum atomic E-state index is 11.3. The summed E-state index contributed by atoms with van der Waals surface area (Å²) in [7, 11) is 0. The molecule has 2 fully saturated rings. The lowest BCUT2D eigenvalue weighted by atomic mass is 10.1. The lowest BCUT2D eigenvalue weighted by molar-refractivity contribution is -0.143. The smallest absolute Gasteiger partial charge is 0.346 e. The van der Waals surface area contributed by atoms with Crippen molar-refractivity contribution in [3.05, 3.63) is 36.5 Å². The minimum absolute atomic E-state index is 0.126. The third-order valence-electron chi connectivity index (χ3n) is 3.60. The highest BCUT2D eigenvalue weighted by Gasteiger charge is 2.60. The number of carbonyl (C=O) groups is 3. The van der Waals surface area contributed by atoms with E-state index in [1.165, 1.54) is 11.8 Å². The molecule has 3 aliphatic heterocycles. The molecule has 0 aromatic heterocycles. The van der Waals surface area contributed by atoms with Crippen LogP contribution in [0.2, 0.25) is 0 Å². The molecule has 4 rings (SSSR count). The third-order valence-corrected chi connectivity index (χ3v) is 5.11. The number of β-lactam (4-membered cyclic amide) rings is 1. The van der Waals surface area contributed by atoms with Gasteiger partial charge >= 0.3 is 5.97 Å². The van der Waals surface area contributed by atoms with Gasteiger partial charge in [0.1, 0.15) is 0 Å². The molecule has 2 N–H and O–H groups in total. The first-order valence-electron chi connectivity index (χ1n) is 6.83. The van der Waals surface area contributed by atoms with Crippen molar-refractivity contribution < 1.29 is 24.2 Å². The molecule has 8 heteroatoms. The molecule has 0 aliphatic carbocycles. The number of para-hydroxylation sites is 2. The Kier molecular flexibility index (Phi) is 3.56. The van der Waals surface area contributed by atoms with Gasteiger partial charge in [-0.2, -0.15) is 0 Å². The molecule has 0 spiro atoms. The van der Waals surface area contributed by atoms with Crippen LogP contribution in [0.5, 0.6) is 11.5 Å². The zero-order valence-corrected chi connectivity index (χ0v) is 13.1. The fourth-order valence-electron chi connectivity index (χ4n) is 2.44. The fraction of sp³-hybridized carbons (Fsp3) is 0.267. The Morgan fingerprint density at radius 3 is 2.43 bits per heavy atom. The molecule has 1 aromatic carbocycles. The van der Waals surface area contributed by atoms with Gasteiger partial charge in [-0.05, 0) is 12.1 Å². The Labute approximate surface area is 136 Å². The Morgan fingerprint density at radius 2 is 2.04 bits per heavy atom. The summed E-state index contributed by atoms with van der Waals surface area (Å²) in [5.74, 6) is 0.229. The lowest BCUT2D eigenvalue weighted by Gasteiger charge is -2.33. The van der Waals surface area contributed by atoms with Crippen LogP contribution in [0.15, 0.2) is 36.5 Å². The summed E-state index contributed by atoms with van der Waals surface area (Å²) < 4.78 is 4.94. The second-order valence-electron chi connectivity index (χ2n) is 5.20. The summed E-state index contributed by atoms with van der Waals surface area (Å²) in [6.45, 7) is 4.84. The fourth-order valence-corrected chi connectivity index (χ4v) is 3.96. The number of amides is 2. The number of fused-ring (bicyclic) bond motifs is 2. The highest BCUT2D eigenvalue weighted by Crippen LogP contribution is 2.51. The highest BCUT2D eigenvalue weighted by molar-refractivity contribution is 8.02. The van der Waals surface area contributed by atoms with Crippen LogP contribution in [0.25, 0.3) is 0 Å². The molecule has 3 aliphatic rings. The van der Waals surface area contributed by atoms with Gasteiger partial charge in [-0.1, -0.05) is 30.5 Å². The van der Waals surface area contributed by atoms with Crippen LogP contribution in [-0.4, -0.2) is 38.0 Å². The van der Waals surface area contributed by atoms with E-state index in [4.69, 9.17) is 4.74 Å². The highest BCUT2D eigenvalue weighted by atomic mass is 32.2. The lowest BCUT2D eigenvalue weighted by Crippen LogP contribution is -2.53. The summed E-state index contributed by atoms with van der Waals surface area (Å²) in [5.41, 5.74) is 0.126. The number of aliphatic carboxylic acids is 1. The molecule has 0 bridgehead atoms. The molecular formula is C15H14N2O5S. The number of ether oxygens (including phenoxy) is 1. The largest absolute Gasteiger partial charge is 0.479 e. The molecule has 2 saturated heterocycles. The van der Waals surface area contributed by atoms with Crippen LogP contribution in [0.3, 0.4) is 0 Å². The minimum Gasteiger partial charge on any atom is -0.479 e. The van der Waals surface area contributed by atoms with Gasteiger partial charge in [-0.15, -0.1) is 0 Å². The Morgan fingerprint density at radius 1 is 1.43 bits per heavy atom. The summed E-state index contributed by atoms with van der Waals surface area (Å²) in [6, 6.07) is 7.84. The van der Waals surface area contributed by atoms with E-state index in [0.29, 0.717) is 0 Å². The van der Waals surface area contributed by atoms with E-state index < -0.39 is 16.7 Å². The van der Waals surface area contributed by atoms with Crippen LogP contribution in [0, 0.1) is 0 Å². The molecule has 2 amide bonds. The van der Waals surface area contributed by atoms with Crippen molar-refractivity contribution in [3.8, 4) is 11.5 Å². The minimum atomic E-state index is -1.59. The SMILES string of the molecule is C=C1N2C(=O)C[C@H]2SC1(NC(C)=O)C(=O)O.c1ccc2c(c1)O2. The Balaban J connectivity index is 0.000000183. The van der Waals surface area contributed by atoms with Crippen LogP contribution < -0.4 is 10.1 Å². The van der Waals surface area contributed by atoms with Gasteiger partial charge in [0.25, 0.3) is 0 Å². The molecule has 120 valence electrons. The van der Waals surface area contributed by atoms with Gasteiger partial charge < -0.3 is 15.2 Å². The van der Waals surface area contributed by atoms with E-state index in [9.17, 15) is 19.5 Å². The quantitative estimate of drug-likeness (QED) is 0.638. The standard InChI is InChI=1S/C9H10N2O4S.C6H4O/c1-4-9(8(14)15,10-5(2)12)16-7-3-6(13)11(4)7;1-2-4-6-5(3-1)7-6/h7H,1,3H2,2H3,(H,10,12)(H,14,15);1-4H/t7-,9?;/m1./s1. The van der Waals surface area contributed by atoms with Crippen molar-refractivity contribution in [3.63, 3.8) is 0 Å². The number of nitrogens with zero attached hydrogens (tertiary/aromatic N) is 1. The number of hydrogen-bond acceptors (Lipinski definition) is 5. The van der Waals surface area contributed by atoms with Gasteiger partial charge in [-0.3, -0.25) is 14.5 Å². The first-order chi connectivity index (χ1) is 10.8. The second-order valence-corrected chi connectivity index (χ2v) is 6.60. The zero-order valence-electron chi connectivity index (χ0n) is 12.2. The maximum absolute atomic E-state index is 11.3. The van der Waals surface area contributed by atoms with Gasteiger partial charge in [0.15, 0.2) is 11.5 Å². The molecule has 7 nitrogen and oxygen atoms in total. The predicted molar refractivity (Wildman–Crippen MR) is 82.7 cm³/mol. The predicted octanol–water partition coefficient (Wildman–Crippen LogP) is 1.51. The first kappa shape index (κ1) is 15.4. The van der Waals surface area contributed by atoms with Crippen LogP contribution in [0.4, 0.5) is 0 Å². The summed E-state index contributed by atoms with van der Waals surface area (Å²) >= 11 is 1.03. The molecule has 23 heavy (non-hydrogen) atoms. The number of hydrogen-bond donors (Lipinski definition) is 2. The van der Waals surface area contributed by atoms with Crippen molar-refractivity contribution in [1.29, 1.82) is 0 Å². The topological polar surface area (TPSA) is 99.2 Å². The number of rotatable bonds is 2. The molecule has 1 unspecified atom stereocenters. The number of benzene rings is 1. The van der Waals surface area contributed by atoms with Crippen molar-refractivity contribution in [2.24, 2.45) is 0 Å². The molecule has 3 heterocycles. The number of carboxylic acid groups (broad SMARTS) is 1. The van der Waals surface area contributed by atoms with E-state index in [-0.39, 0.29) is 23.4 Å². The van der Waals surface area contributed by atoms with Gasteiger partial charge in [0.2, 0.25) is 16.7 Å². The Hall–Kier alpha value is -2.48. The number of nitrogens with one attached hydrogen (secondary N) is 1. The molecule has 2 atom stereocenters. The molecule has 0 radical (unpaired) electrons. The van der Waals surface area contributed by atoms with E-state index in [1.807, 2.05) is 24.3 Å². The van der Waals surface area contributed by atoms with Gasteiger partial charge in [-0.25, -0.2) is 4.79 Å². The third kappa shape index (κ3) is 2.55. The van der Waals surface area contributed by atoms with Crippen molar-refractivity contribution in [2.45, 2.75) is 23.6 Å². The van der Waals surface area contributed by atoms with Gasteiger partial charge in [0.05, 0.1) is 17.5 Å². The molecule has 0 saturated carbocycles. The van der Waals surface area contributed by atoms with E-state index in [1.54, 1.807) is 0 Å². The monoisotopic (exact) mass is 334 g/mol. The zero-order chi connectivity index (χ0) is 16.8. The Bertz CT molecular complexity index is 713. The number of thioether (sulfide) groups is 1. The normalized spacial score (nSPS) is 26.0. The average molecular weight is 334 g/mol. The second kappa shape index (κ2) is 5.31. The van der Waals surface area contributed by atoms with E-state index >= 15 is 0 Å². The number of carboxylic acids is 1. The average Bonchev–Trinajstić information content (AvgIpc) is 3.20. The van der Waals surface area contributed by atoms with Crippen molar-refractivity contribution in [2.75, 3.05) is 0 Å². The maximum Gasteiger partial charge on any atom is 0.346 e. The van der Waals surface area contributed by atoms with Gasteiger partial charge in [0, 0.05) is 6.92 Å². The van der Waals surface area contributed by atoms with Crippen molar-refractivity contribution >= 4 is 29.5 Å². The van der Waals surface area contributed by atoms with Crippen LogP contribution in [-0.2, 0) is 14.4 Å². The van der Waals surface area contributed by atoms with E-state index in [0.717, 1.165) is 23.3 Å². The van der Waals surface area contributed by atoms with Crippen molar-refractivity contribution in [1.82, 2.24) is 10.2 Å². The summed E-state index contributed by atoms with van der Waals surface area (Å²) in [5, 5.41) is 11.3. The van der Waals surface area contributed by atoms with Crippen LogP contribution in [0.1, 0.15) is 13.3 Å². The number of carbonyl (C=O) groups excluding carboxylic acids is 2. The summed E-state index contributed by atoms with van der Waals surface area (Å²) in [6.07, 6.45) is 0.290.